The molecule has 130 valence electrons. The first-order valence-corrected chi connectivity index (χ1v) is 8.42. The van der Waals surface area contributed by atoms with E-state index in [4.69, 9.17) is 14.2 Å². The van der Waals surface area contributed by atoms with Gasteiger partial charge in [-0.15, -0.1) is 13.2 Å². The average molecular weight is 454 g/mol. The number of allylic oxidation sites excluding steroid dienone is 1. The van der Waals surface area contributed by atoms with E-state index in [-0.39, 0.29) is 25.6 Å². The van der Waals surface area contributed by atoms with Crippen LogP contribution >= 0.6 is 31.9 Å². The Hall–Kier alpha value is -0.920. The van der Waals surface area contributed by atoms with Crippen LogP contribution in [-0.4, -0.2) is 38.9 Å². The number of ether oxygens (including phenoxy) is 3. The summed E-state index contributed by atoms with van der Waals surface area (Å²) in [5.74, 6) is -1.36. The molecular weight excluding hydrogens is 432 g/mol. The number of halogens is 2. The lowest BCUT2D eigenvalue weighted by molar-refractivity contribution is -0.169. The summed E-state index contributed by atoms with van der Waals surface area (Å²) in [7, 11) is 2.46. The minimum atomic E-state index is -1.51. The molecule has 0 aromatic rings. The second kappa shape index (κ2) is 10.8. The van der Waals surface area contributed by atoms with Crippen LogP contribution in [0.15, 0.2) is 34.3 Å². The van der Waals surface area contributed by atoms with Crippen LogP contribution in [0.3, 0.4) is 0 Å². The van der Waals surface area contributed by atoms with E-state index < -0.39 is 17.4 Å². The topological polar surface area (TPSA) is 61.8 Å². The van der Waals surface area contributed by atoms with Crippen molar-refractivity contribution >= 4 is 43.8 Å². The highest BCUT2D eigenvalue weighted by Crippen LogP contribution is 2.37. The van der Waals surface area contributed by atoms with Gasteiger partial charge in [-0.25, -0.2) is 0 Å². The normalized spacial score (nSPS) is 12.0. The number of hydrogen-bond donors (Lipinski definition) is 0. The summed E-state index contributed by atoms with van der Waals surface area (Å²) in [4.78, 5) is 24.6. The first-order chi connectivity index (χ1) is 10.8. The molecule has 0 aliphatic heterocycles. The van der Waals surface area contributed by atoms with Crippen LogP contribution in [0.5, 0.6) is 0 Å². The number of hydrogen-bond acceptors (Lipinski definition) is 5. The highest BCUT2D eigenvalue weighted by Gasteiger charge is 2.48. The SMILES string of the molecule is C=CCC(CC(COC(C)C=C)=C(Br)Br)(C(=O)OC)C(=O)OC. The lowest BCUT2D eigenvalue weighted by Crippen LogP contribution is -2.41. The molecule has 0 saturated heterocycles. The maximum absolute atomic E-state index is 12.3. The molecule has 1 unspecified atom stereocenters. The Morgan fingerprint density at radius 2 is 1.70 bits per heavy atom. The Morgan fingerprint density at radius 1 is 1.17 bits per heavy atom. The van der Waals surface area contributed by atoms with Gasteiger partial charge in [0.1, 0.15) is 0 Å². The monoisotopic (exact) mass is 452 g/mol. The van der Waals surface area contributed by atoms with E-state index in [1.54, 1.807) is 6.08 Å². The molecule has 7 heteroatoms. The molecule has 0 saturated carbocycles. The van der Waals surface area contributed by atoms with Gasteiger partial charge in [-0.05, 0) is 57.2 Å². The zero-order valence-corrected chi connectivity index (χ0v) is 16.7. The Kier molecular flexibility index (Phi) is 10.3. The van der Waals surface area contributed by atoms with Crippen molar-refractivity contribution < 1.29 is 23.8 Å². The van der Waals surface area contributed by atoms with E-state index in [9.17, 15) is 9.59 Å². The molecule has 0 fully saturated rings. The van der Waals surface area contributed by atoms with Crippen molar-refractivity contribution in [3.63, 3.8) is 0 Å². The van der Waals surface area contributed by atoms with Crippen LogP contribution in [0, 0.1) is 5.41 Å². The molecule has 0 amide bonds. The molecule has 0 aliphatic carbocycles. The summed E-state index contributed by atoms with van der Waals surface area (Å²) in [6, 6.07) is 0. The third-order valence-electron chi connectivity index (χ3n) is 3.28. The predicted molar refractivity (Wildman–Crippen MR) is 96.4 cm³/mol. The first kappa shape index (κ1) is 22.1. The molecule has 0 spiro atoms. The van der Waals surface area contributed by atoms with E-state index >= 15 is 0 Å². The Labute approximate surface area is 154 Å². The van der Waals surface area contributed by atoms with Gasteiger partial charge in [0.25, 0.3) is 0 Å². The van der Waals surface area contributed by atoms with Gasteiger partial charge >= 0.3 is 11.9 Å². The van der Waals surface area contributed by atoms with Gasteiger partial charge in [-0.1, -0.05) is 12.2 Å². The minimum Gasteiger partial charge on any atom is -0.468 e. The summed E-state index contributed by atoms with van der Waals surface area (Å²) in [6.07, 6.45) is 3.11. The van der Waals surface area contributed by atoms with Crippen LogP contribution in [0.2, 0.25) is 0 Å². The fourth-order valence-corrected chi connectivity index (χ4v) is 2.45. The fourth-order valence-electron chi connectivity index (χ4n) is 1.94. The van der Waals surface area contributed by atoms with Gasteiger partial charge < -0.3 is 14.2 Å². The quantitative estimate of drug-likeness (QED) is 0.285. The van der Waals surface area contributed by atoms with Crippen LogP contribution in [0.4, 0.5) is 0 Å². The molecule has 0 heterocycles. The van der Waals surface area contributed by atoms with E-state index in [0.29, 0.717) is 8.96 Å². The minimum absolute atomic E-state index is 0.0636. The van der Waals surface area contributed by atoms with Gasteiger partial charge in [0, 0.05) is 0 Å². The van der Waals surface area contributed by atoms with Crippen molar-refractivity contribution in [2.75, 3.05) is 20.8 Å². The summed E-state index contributed by atoms with van der Waals surface area (Å²) < 4.78 is 15.8. The van der Waals surface area contributed by atoms with Crippen LogP contribution in [0.1, 0.15) is 19.8 Å². The zero-order chi connectivity index (χ0) is 18.0. The highest BCUT2D eigenvalue weighted by molar-refractivity contribution is 9.28. The molecule has 0 rings (SSSR count). The number of methoxy groups -OCH3 is 2. The summed E-state index contributed by atoms with van der Waals surface area (Å²) >= 11 is 6.64. The van der Waals surface area contributed by atoms with E-state index in [1.807, 2.05) is 6.92 Å². The van der Waals surface area contributed by atoms with Crippen molar-refractivity contribution in [2.24, 2.45) is 5.41 Å². The van der Waals surface area contributed by atoms with Gasteiger partial charge in [0.05, 0.1) is 30.3 Å². The van der Waals surface area contributed by atoms with Crippen molar-refractivity contribution in [1.29, 1.82) is 0 Å². The highest BCUT2D eigenvalue weighted by atomic mass is 79.9. The standard InChI is InChI=1S/C16H22Br2O5/c1-6-8-16(14(19)21-4,15(20)22-5)9-12(13(17)18)10-23-11(3)7-2/h6-7,11H,1-2,8-10H2,3-5H3. The molecule has 0 radical (unpaired) electrons. The molecule has 0 aromatic carbocycles. The number of esters is 2. The van der Waals surface area contributed by atoms with Crippen LogP contribution in [0.25, 0.3) is 0 Å². The lowest BCUT2D eigenvalue weighted by Gasteiger charge is -2.28. The van der Waals surface area contributed by atoms with Gasteiger partial charge in [-0.3, -0.25) is 9.59 Å². The molecule has 1 atom stereocenters. The number of rotatable bonds is 10. The lowest BCUT2D eigenvalue weighted by atomic mass is 9.78. The number of carbonyl (C=O) groups is 2. The Balaban J connectivity index is 5.65. The Morgan fingerprint density at radius 3 is 2.04 bits per heavy atom. The Bertz CT molecular complexity index is 465. The van der Waals surface area contributed by atoms with Crippen LogP contribution in [-0.2, 0) is 23.8 Å². The van der Waals surface area contributed by atoms with E-state index in [2.05, 4.69) is 45.0 Å². The largest absolute Gasteiger partial charge is 0.468 e. The smallest absolute Gasteiger partial charge is 0.323 e. The first-order valence-electron chi connectivity index (χ1n) is 6.83. The molecule has 0 aromatic heterocycles. The summed E-state index contributed by atoms with van der Waals surface area (Å²) in [5, 5.41) is 0. The van der Waals surface area contributed by atoms with Crippen molar-refractivity contribution in [3.05, 3.63) is 34.3 Å². The summed E-state index contributed by atoms with van der Waals surface area (Å²) in [5.41, 5.74) is -0.829. The number of carbonyl (C=O) groups excluding carboxylic acids is 2. The van der Waals surface area contributed by atoms with Gasteiger partial charge in [0.2, 0.25) is 0 Å². The molecule has 0 N–H and O–H groups in total. The molecule has 0 bridgehead atoms. The zero-order valence-electron chi connectivity index (χ0n) is 13.6. The molecule has 5 nitrogen and oxygen atoms in total. The molecule has 0 aliphatic rings. The molecule has 23 heavy (non-hydrogen) atoms. The summed E-state index contributed by atoms with van der Waals surface area (Å²) in [6.45, 7) is 9.30. The van der Waals surface area contributed by atoms with Gasteiger partial charge in [0.15, 0.2) is 5.41 Å². The third-order valence-corrected chi connectivity index (χ3v) is 4.40. The van der Waals surface area contributed by atoms with Crippen LogP contribution < -0.4 is 0 Å². The third kappa shape index (κ3) is 6.24. The fraction of sp³-hybridized carbons (Fsp3) is 0.500. The molecular formula is C16H22Br2O5. The van der Waals surface area contributed by atoms with Crippen molar-refractivity contribution in [2.45, 2.75) is 25.9 Å². The van der Waals surface area contributed by atoms with E-state index in [1.165, 1.54) is 20.3 Å². The maximum Gasteiger partial charge on any atom is 0.323 e. The maximum atomic E-state index is 12.3. The van der Waals surface area contributed by atoms with Crippen molar-refractivity contribution in [1.82, 2.24) is 0 Å². The van der Waals surface area contributed by atoms with E-state index in [0.717, 1.165) is 0 Å². The second-order valence-electron chi connectivity index (χ2n) is 4.85. The average Bonchev–Trinajstić information content (AvgIpc) is 2.55. The second-order valence-corrected chi connectivity index (χ2v) is 7.50. The van der Waals surface area contributed by atoms with Gasteiger partial charge in [-0.2, -0.15) is 0 Å². The predicted octanol–water partition coefficient (Wildman–Crippen LogP) is 3.88. The van der Waals surface area contributed by atoms with Crippen molar-refractivity contribution in [3.8, 4) is 0 Å².